The molecular weight excluding hydrogens is 256 g/mol. The number of rotatable bonds is 5. The lowest BCUT2D eigenvalue weighted by Gasteiger charge is -2.10. The molecule has 0 unspecified atom stereocenters. The highest BCUT2D eigenvalue weighted by molar-refractivity contribution is 5.51. The Kier molecular flexibility index (Phi) is 4.06. The molecule has 0 aliphatic rings. The fraction of sp³-hybridized carbons (Fsp3) is 0.158. The van der Waals surface area contributed by atoms with Crippen LogP contribution in [0.3, 0.4) is 0 Å². The summed E-state index contributed by atoms with van der Waals surface area (Å²) in [7, 11) is 0. The number of hydrogen-bond donors (Lipinski definition) is 1. The second-order valence-electron chi connectivity index (χ2n) is 5.16. The van der Waals surface area contributed by atoms with Gasteiger partial charge in [-0.25, -0.2) is 0 Å². The number of benzene rings is 2. The van der Waals surface area contributed by atoms with Crippen molar-refractivity contribution in [2.45, 2.75) is 19.9 Å². The molecule has 1 N–H and O–H groups in total. The summed E-state index contributed by atoms with van der Waals surface area (Å²) in [6.07, 6.45) is 5.21. The van der Waals surface area contributed by atoms with Crippen LogP contribution in [0.25, 0.3) is 5.69 Å². The molecular formula is C19H20N2. The van der Waals surface area contributed by atoms with Crippen LogP contribution < -0.4 is 5.32 Å². The summed E-state index contributed by atoms with van der Waals surface area (Å²) in [5.41, 5.74) is 5.00. The molecule has 0 bridgehead atoms. The summed E-state index contributed by atoms with van der Waals surface area (Å²) in [6, 6.07) is 21.3. The Hall–Kier alpha value is -2.48. The zero-order valence-electron chi connectivity index (χ0n) is 12.3. The van der Waals surface area contributed by atoms with E-state index in [0.717, 1.165) is 18.7 Å². The molecule has 1 heterocycles. The molecule has 21 heavy (non-hydrogen) atoms. The van der Waals surface area contributed by atoms with Crippen LogP contribution in [0.15, 0.2) is 73.1 Å². The van der Waals surface area contributed by atoms with Gasteiger partial charge in [0, 0.05) is 30.3 Å². The van der Waals surface area contributed by atoms with Crippen LogP contribution in [0, 0.1) is 0 Å². The number of aromatic nitrogens is 1. The summed E-state index contributed by atoms with van der Waals surface area (Å²) in [6.45, 7) is 3.03. The molecule has 0 atom stereocenters. The van der Waals surface area contributed by atoms with Crippen molar-refractivity contribution in [3.05, 3.63) is 84.2 Å². The van der Waals surface area contributed by atoms with Crippen LogP contribution in [0.4, 0.5) is 5.69 Å². The standard InChI is InChI=1S/C19H20N2/c1-2-16-8-10-17(11-9-16)15-20-18-6-5-7-19(14-18)21-12-3-4-13-21/h3-14,20H,2,15H2,1H3. The first-order valence-corrected chi connectivity index (χ1v) is 7.40. The maximum Gasteiger partial charge on any atom is 0.0469 e. The average molecular weight is 276 g/mol. The molecule has 0 spiro atoms. The lowest BCUT2D eigenvalue weighted by atomic mass is 10.1. The monoisotopic (exact) mass is 276 g/mol. The molecule has 3 rings (SSSR count). The van der Waals surface area contributed by atoms with Gasteiger partial charge in [0.05, 0.1) is 0 Å². The number of nitrogens with zero attached hydrogens (tertiary/aromatic N) is 1. The van der Waals surface area contributed by atoms with E-state index in [1.807, 2.05) is 12.1 Å². The van der Waals surface area contributed by atoms with Gasteiger partial charge in [0.2, 0.25) is 0 Å². The van der Waals surface area contributed by atoms with Gasteiger partial charge in [-0.2, -0.15) is 0 Å². The number of anilines is 1. The Morgan fingerprint density at radius 3 is 2.29 bits per heavy atom. The predicted molar refractivity (Wildman–Crippen MR) is 88.9 cm³/mol. The van der Waals surface area contributed by atoms with Crippen LogP contribution in [-0.4, -0.2) is 4.57 Å². The summed E-state index contributed by atoms with van der Waals surface area (Å²) in [5.74, 6) is 0. The third kappa shape index (κ3) is 3.34. The van der Waals surface area contributed by atoms with E-state index in [1.165, 1.54) is 16.8 Å². The minimum Gasteiger partial charge on any atom is -0.381 e. The molecule has 2 aromatic carbocycles. The SMILES string of the molecule is CCc1ccc(CNc2cccc(-n3cccc3)c2)cc1. The van der Waals surface area contributed by atoms with Gasteiger partial charge in [-0.15, -0.1) is 0 Å². The third-order valence-corrected chi connectivity index (χ3v) is 3.68. The zero-order valence-corrected chi connectivity index (χ0v) is 12.3. The summed E-state index contributed by atoms with van der Waals surface area (Å²) < 4.78 is 2.11. The number of hydrogen-bond acceptors (Lipinski definition) is 1. The Bertz CT molecular complexity index is 682. The molecule has 0 aliphatic heterocycles. The topological polar surface area (TPSA) is 17.0 Å². The van der Waals surface area contributed by atoms with Gasteiger partial charge in [0.25, 0.3) is 0 Å². The van der Waals surface area contributed by atoms with E-state index < -0.39 is 0 Å². The van der Waals surface area contributed by atoms with E-state index in [1.54, 1.807) is 0 Å². The predicted octanol–water partition coefficient (Wildman–Crippen LogP) is 4.65. The van der Waals surface area contributed by atoms with E-state index >= 15 is 0 Å². The van der Waals surface area contributed by atoms with Crippen LogP contribution in [0.5, 0.6) is 0 Å². The Balaban J connectivity index is 1.68. The molecule has 0 amide bonds. The van der Waals surface area contributed by atoms with Crippen molar-refractivity contribution in [3.63, 3.8) is 0 Å². The maximum atomic E-state index is 3.49. The van der Waals surface area contributed by atoms with Crippen molar-refractivity contribution in [1.29, 1.82) is 0 Å². The highest BCUT2D eigenvalue weighted by atomic mass is 14.9. The molecule has 3 aromatic rings. The molecule has 2 heteroatoms. The van der Waals surface area contributed by atoms with Crippen LogP contribution in [0.2, 0.25) is 0 Å². The van der Waals surface area contributed by atoms with E-state index in [0.29, 0.717) is 0 Å². The fourth-order valence-corrected chi connectivity index (χ4v) is 2.38. The summed E-state index contributed by atoms with van der Waals surface area (Å²) >= 11 is 0. The fourth-order valence-electron chi connectivity index (χ4n) is 2.38. The quantitative estimate of drug-likeness (QED) is 0.717. The minimum absolute atomic E-state index is 0.846. The maximum absolute atomic E-state index is 3.49. The number of aryl methyl sites for hydroxylation is 1. The van der Waals surface area contributed by atoms with Gasteiger partial charge in [-0.1, -0.05) is 37.3 Å². The first-order valence-electron chi connectivity index (χ1n) is 7.40. The van der Waals surface area contributed by atoms with Crippen LogP contribution >= 0.6 is 0 Å². The normalized spacial score (nSPS) is 10.5. The van der Waals surface area contributed by atoms with Gasteiger partial charge in [0.15, 0.2) is 0 Å². The zero-order chi connectivity index (χ0) is 14.5. The van der Waals surface area contributed by atoms with E-state index in [4.69, 9.17) is 0 Å². The van der Waals surface area contributed by atoms with Gasteiger partial charge in [0.1, 0.15) is 0 Å². The molecule has 0 radical (unpaired) electrons. The van der Waals surface area contributed by atoms with Crippen molar-refractivity contribution in [2.75, 3.05) is 5.32 Å². The van der Waals surface area contributed by atoms with Gasteiger partial charge < -0.3 is 9.88 Å². The van der Waals surface area contributed by atoms with Crippen molar-refractivity contribution in [2.24, 2.45) is 0 Å². The molecule has 0 saturated heterocycles. The lowest BCUT2D eigenvalue weighted by molar-refractivity contribution is 1.07. The first-order chi connectivity index (χ1) is 10.3. The number of nitrogens with one attached hydrogen (secondary N) is 1. The van der Waals surface area contributed by atoms with E-state index in [9.17, 15) is 0 Å². The molecule has 2 nitrogen and oxygen atoms in total. The van der Waals surface area contributed by atoms with E-state index in [2.05, 4.69) is 77.7 Å². The minimum atomic E-state index is 0.846. The molecule has 1 aromatic heterocycles. The van der Waals surface area contributed by atoms with Crippen molar-refractivity contribution in [1.82, 2.24) is 4.57 Å². The second kappa shape index (κ2) is 6.31. The molecule has 0 fully saturated rings. The van der Waals surface area contributed by atoms with Gasteiger partial charge in [-0.3, -0.25) is 0 Å². The smallest absolute Gasteiger partial charge is 0.0469 e. The van der Waals surface area contributed by atoms with Crippen molar-refractivity contribution >= 4 is 5.69 Å². The highest BCUT2D eigenvalue weighted by Gasteiger charge is 1.98. The lowest BCUT2D eigenvalue weighted by Crippen LogP contribution is -2.00. The largest absolute Gasteiger partial charge is 0.381 e. The van der Waals surface area contributed by atoms with Crippen molar-refractivity contribution < 1.29 is 0 Å². The van der Waals surface area contributed by atoms with Crippen molar-refractivity contribution in [3.8, 4) is 5.69 Å². The molecule has 106 valence electrons. The average Bonchev–Trinajstić information content (AvgIpc) is 3.08. The summed E-state index contributed by atoms with van der Waals surface area (Å²) in [4.78, 5) is 0. The Labute approximate surface area is 126 Å². The Morgan fingerprint density at radius 2 is 1.57 bits per heavy atom. The van der Waals surface area contributed by atoms with Crippen LogP contribution in [0.1, 0.15) is 18.1 Å². The van der Waals surface area contributed by atoms with Crippen LogP contribution in [-0.2, 0) is 13.0 Å². The summed E-state index contributed by atoms with van der Waals surface area (Å²) in [5, 5.41) is 3.49. The first kappa shape index (κ1) is 13.5. The third-order valence-electron chi connectivity index (χ3n) is 3.68. The van der Waals surface area contributed by atoms with Gasteiger partial charge in [-0.05, 0) is 47.9 Å². The second-order valence-corrected chi connectivity index (χ2v) is 5.16. The Morgan fingerprint density at radius 1 is 0.857 bits per heavy atom. The molecule has 0 saturated carbocycles. The highest BCUT2D eigenvalue weighted by Crippen LogP contribution is 2.16. The van der Waals surface area contributed by atoms with Gasteiger partial charge >= 0.3 is 0 Å². The molecule has 0 aliphatic carbocycles. The van der Waals surface area contributed by atoms with E-state index in [-0.39, 0.29) is 0 Å².